The summed E-state index contributed by atoms with van der Waals surface area (Å²) in [5, 5.41) is 9.62. The smallest absolute Gasteiger partial charge is 0.242 e. The van der Waals surface area contributed by atoms with Crippen molar-refractivity contribution in [3.63, 3.8) is 0 Å². The first-order valence-corrected chi connectivity index (χ1v) is 7.38. The molecule has 4 heteroatoms. The second-order valence-corrected chi connectivity index (χ2v) is 5.88. The number of nitrogens with zero attached hydrogens (tertiary/aromatic N) is 2. The van der Waals surface area contributed by atoms with E-state index < -0.39 is 0 Å². The maximum atomic E-state index is 12.3. The lowest BCUT2D eigenvalue weighted by Crippen LogP contribution is -2.40. The molecule has 1 saturated heterocycles. The highest BCUT2D eigenvalue weighted by Crippen LogP contribution is 2.21. The Hall–Kier alpha value is -1.71. The van der Waals surface area contributed by atoms with Crippen molar-refractivity contribution in [2.24, 2.45) is 5.92 Å². The van der Waals surface area contributed by atoms with Crippen LogP contribution in [0.3, 0.4) is 0 Å². The zero-order chi connectivity index (χ0) is 14.5. The average Bonchev–Trinajstić information content (AvgIpc) is 2.91. The van der Waals surface area contributed by atoms with E-state index >= 15 is 0 Å². The third-order valence-corrected chi connectivity index (χ3v) is 3.57. The Kier molecular flexibility index (Phi) is 4.88. The first-order valence-electron chi connectivity index (χ1n) is 7.38. The van der Waals surface area contributed by atoms with Gasteiger partial charge < -0.3 is 14.9 Å². The van der Waals surface area contributed by atoms with Gasteiger partial charge in [0.05, 0.1) is 6.54 Å². The number of amides is 1. The van der Waals surface area contributed by atoms with E-state index in [9.17, 15) is 9.90 Å². The van der Waals surface area contributed by atoms with Gasteiger partial charge in [0.25, 0.3) is 0 Å². The van der Waals surface area contributed by atoms with Gasteiger partial charge in [-0.15, -0.1) is 0 Å². The van der Waals surface area contributed by atoms with Gasteiger partial charge >= 0.3 is 0 Å². The second-order valence-electron chi connectivity index (χ2n) is 5.88. The number of carbonyl (C=O) groups excluding carboxylic acids is 1. The van der Waals surface area contributed by atoms with Crippen LogP contribution in [0, 0.1) is 5.92 Å². The highest BCUT2D eigenvalue weighted by atomic mass is 16.3. The summed E-state index contributed by atoms with van der Waals surface area (Å²) in [6.07, 6.45) is 2.23. The fourth-order valence-corrected chi connectivity index (χ4v) is 2.62. The predicted molar refractivity (Wildman–Crippen MR) is 81.0 cm³/mol. The fraction of sp³-hybridized carbons (Fsp3) is 0.562. The van der Waals surface area contributed by atoms with Gasteiger partial charge in [0.15, 0.2) is 0 Å². The number of phenolic OH excluding ortho intramolecular Hbond substituents is 1. The van der Waals surface area contributed by atoms with Gasteiger partial charge in [-0.25, -0.2) is 0 Å². The van der Waals surface area contributed by atoms with Crippen molar-refractivity contribution in [3.05, 3.63) is 24.3 Å². The summed E-state index contributed by atoms with van der Waals surface area (Å²) in [5.41, 5.74) is 0.909. The molecule has 0 radical (unpaired) electrons. The molecule has 0 spiro atoms. The van der Waals surface area contributed by atoms with E-state index in [0.29, 0.717) is 12.5 Å². The SMILES string of the molecule is CC(C)CN(CC(=O)N1CCCC1)c1cccc(O)c1. The number of phenols is 1. The zero-order valence-corrected chi connectivity index (χ0v) is 12.4. The van der Waals surface area contributed by atoms with Gasteiger partial charge in [0.1, 0.15) is 5.75 Å². The third kappa shape index (κ3) is 3.89. The van der Waals surface area contributed by atoms with E-state index in [0.717, 1.165) is 38.2 Å². The van der Waals surface area contributed by atoms with E-state index in [-0.39, 0.29) is 11.7 Å². The highest BCUT2D eigenvalue weighted by molar-refractivity contribution is 5.81. The molecule has 1 aliphatic heterocycles. The van der Waals surface area contributed by atoms with Crippen molar-refractivity contribution < 1.29 is 9.90 Å². The van der Waals surface area contributed by atoms with E-state index in [1.165, 1.54) is 0 Å². The normalized spacial score (nSPS) is 14.8. The van der Waals surface area contributed by atoms with E-state index in [2.05, 4.69) is 18.7 Å². The first kappa shape index (κ1) is 14.7. The van der Waals surface area contributed by atoms with Crippen LogP contribution in [-0.4, -0.2) is 42.1 Å². The molecule has 0 atom stereocenters. The van der Waals surface area contributed by atoms with Crippen molar-refractivity contribution >= 4 is 11.6 Å². The Labute approximate surface area is 121 Å². The van der Waals surface area contributed by atoms with Crippen LogP contribution in [0.4, 0.5) is 5.69 Å². The maximum absolute atomic E-state index is 12.3. The zero-order valence-electron chi connectivity index (χ0n) is 12.4. The topological polar surface area (TPSA) is 43.8 Å². The number of aromatic hydroxyl groups is 1. The minimum Gasteiger partial charge on any atom is -0.508 e. The number of anilines is 1. The van der Waals surface area contributed by atoms with Crippen LogP contribution in [0.15, 0.2) is 24.3 Å². The van der Waals surface area contributed by atoms with Crippen LogP contribution < -0.4 is 4.90 Å². The molecule has 0 saturated carbocycles. The van der Waals surface area contributed by atoms with Crippen molar-refractivity contribution in [1.82, 2.24) is 4.90 Å². The third-order valence-electron chi connectivity index (χ3n) is 3.57. The lowest BCUT2D eigenvalue weighted by atomic mass is 10.2. The molecule has 1 N–H and O–H groups in total. The molecule has 20 heavy (non-hydrogen) atoms. The molecule has 2 rings (SSSR count). The van der Waals surface area contributed by atoms with Crippen molar-refractivity contribution in [3.8, 4) is 5.75 Å². The summed E-state index contributed by atoms with van der Waals surface area (Å²) >= 11 is 0. The van der Waals surface area contributed by atoms with E-state index in [4.69, 9.17) is 0 Å². The Bertz CT molecular complexity index is 454. The summed E-state index contributed by atoms with van der Waals surface area (Å²) in [6, 6.07) is 7.14. The van der Waals surface area contributed by atoms with Crippen molar-refractivity contribution in [2.75, 3.05) is 31.1 Å². The number of hydrogen-bond acceptors (Lipinski definition) is 3. The molecule has 1 amide bonds. The molecule has 1 aliphatic rings. The number of carbonyl (C=O) groups is 1. The average molecular weight is 276 g/mol. The van der Waals surface area contributed by atoms with Crippen LogP contribution in [0.2, 0.25) is 0 Å². The van der Waals surface area contributed by atoms with Gasteiger partial charge in [-0.1, -0.05) is 19.9 Å². The van der Waals surface area contributed by atoms with E-state index in [1.54, 1.807) is 12.1 Å². The number of benzene rings is 1. The largest absolute Gasteiger partial charge is 0.508 e. The number of rotatable bonds is 5. The van der Waals surface area contributed by atoms with Gasteiger partial charge in [0, 0.05) is 31.4 Å². The highest BCUT2D eigenvalue weighted by Gasteiger charge is 2.21. The minimum absolute atomic E-state index is 0.187. The summed E-state index contributed by atoms with van der Waals surface area (Å²) in [5.74, 6) is 0.889. The maximum Gasteiger partial charge on any atom is 0.242 e. The molecule has 1 heterocycles. The molecular formula is C16H24N2O2. The summed E-state index contributed by atoms with van der Waals surface area (Å²) in [4.78, 5) is 16.3. The van der Waals surface area contributed by atoms with Crippen LogP contribution in [-0.2, 0) is 4.79 Å². The summed E-state index contributed by atoms with van der Waals surface area (Å²) in [6.45, 7) is 7.24. The molecule has 1 aromatic carbocycles. The summed E-state index contributed by atoms with van der Waals surface area (Å²) in [7, 11) is 0. The molecule has 0 unspecified atom stereocenters. The standard InChI is InChI=1S/C16H24N2O2/c1-13(2)11-18(14-6-5-7-15(19)10-14)12-16(20)17-8-3-4-9-17/h5-7,10,13,19H,3-4,8-9,11-12H2,1-2H3. The Balaban J connectivity index is 2.08. The predicted octanol–water partition coefficient (Wildman–Crippen LogP) is 2.48. The van der Waals surface area contributed by atoms with Gasteiger partial charge in [-0.2, -0.15) is 0 Å². The first-order chi connectivity index (χ1) is 9.56. The van der Waals surface area contributed by atoms with Crippen LogP contribution >= 0.6 is 0 Å². The Morgan fingerprint density at radius 2 is 2.05 bits per heavy atom. The van der Waals surface area contributed by atoms with Gasteiger partial charge in [0.2, 0.25) is 5.91 Å². The second kappa shape index (κ2) is 6.64. The monoisotopic (exact) mass is 276 g/mol. The molecule has 0 bridgehead atoms. The molecule has 110 valence electrons. The Morgan fingerprint density at radius 1 is 1.35 bits per heavy atom. The lowest BCUT2D eigenvalue weighted by Gasteiger charge is -2.28. The molecule has 1 fully saturated rings. The summed E-state index contributed by atoms with van der Waals surface area (Å²) < 4.78 is 0. The van der Waals surface area contributed by atoms with Crippen molar-refractivity contribution in [1.29, 1.82) is 0 Å². The molecular weight excluding hydrogens is 252 g/mol. The fourth-order valence-electron chi connectivity index (χ4n) is 2.62. The van der Waals surface area contributed by atoms with Crippen LogP contribution in [0.25, 0.3) is 0 Å². The van der Waals surface area contributed by atoms with Gasteiger partial charge in [-0.05, 0) is 30.9 Å². The molecule has 1 aromatic rings. The van der Waals surface area contributed by atoms with Crippen LogP contribution in [0.1, 0.15) is 26.7 Å². The lowest BCUT2D eigenvalue weighted by molar-refractivity contribution is -0.128. The number of hydrogen-bond donors (Lipinski definition) is 1. The Morgan fingerprint density at radius 3 is 2.65 bits per heavy atom. The number of likely N-dealkylation sites (tertiary alicyclic amines) is 1. The van der Waals surface area contributed by atoms with Crippen LogP contribution in [0.5, 0.6) is 5.75 Å². The van der Waals surface area contributed by atoms with Gasteiger partial charge in [-0.3, -0.25) is 4.79 Å². The minimum atomic E-state index is 0.187. The molecule has 0 aromatic heterocycles. The van der Waals surface area contributed by atoms with Crippen molar-refractivity contribution in [2.45, 2.75) is 26.7 Å². The molecule has 4 nitrogen and oxygen atoms in total. The van der Waals surface area contributed by atoms with E-state index in [1.807, 2.05) is 17.0 Å². The quantitative estimate of drug-likeness (QED) is 0.898. The molecule has 0 aliphatic carbocycles.